The van der Waals surface area contributed by atoms with E-state index in [9.17, 15) is 5.26 Å². The zero-order chi connectivity index (χ0) is 15.4. The lowest BCUT2D eigenvalue weighted by Gasteiger charge is -2.22. The highest BCUT2D eigenvalue weighted by Gasteiger charge is 2.12. The average molecular weight is 281 g/mol. The van der Waals surface area contributed by atoms with E-state index in [2.05, 4.69) is 16.0 Å². The Bertz CT molecular complexity index is 689. The minimum Gasteiger partial charge on any atom is -0.497 e. The number of hydrogen-bond acceptors (Lipinski definition) is 4. The maximum atomic E-state index is 9.35. The van der Waals surface area contributed by atoms with Crippen LogP contribution in [0.25, 0.3) is 0 Å². The molecule has 1 heterocycles. The molecule has 2 rings (SSSR count). The number of benzene rings is 1. The lowest BCUT2D eigenvalue weighted by molar-refractivity contribution is 0.414. The molecule has 0 N–H and O–H groups in total. The molecule has 0 unspecified atom stereocenters. The topological polar surface area (TPSA) is 49.1 Å². The standard InChI is InChI=1S/C17H19N3O/c1-12-8-17(16(10-18)13(2)19-12)20(3)11-14-6-5-7-15(9-14)21-4/h5-9H,11H2,1-4H3. The third-order valence-electron chi connectivity index (χ3n) is 3.38. The van der Waals surface area contributed by atoms with Gasteiger partial charge in [0.2, 0.25) is 0 Å². The van der Waals surface area contributed by atoms with E-state index in [4.69, 9.17) is 4.74 Å². The van der Waals surface area contributed by atoms with E-state index in [0.717, 1.165) is 28.4 Å². The molecule has 0 atom stereocenters. The molecule has 0 aliphatic heterocycles. The molecule has 21 heavy (non-hydrogen) atoms. The number of pyridine rings is 1. The number of aromatic nitrogens is 1. The van der Waals surface area contributed by atoms with Gasteiger partial charge in [0, 0.05) is 19.3 Å². The van der Waals surface area contributed by atoms with Crippen LogP contribution >= 0.6 is 0 Å². The van der Waals surface area contributed by atoms with Gasteiger partial charge in [0.1, 0.15) is 11.8 Å². The van der Waals surface area contributed by atoms with E-state index in [1.807, 2.05) is 51.2 Å². The summed E-state index contributed by atoms with van der Waals surface area (Å²) >= 11 is 0. The summed E-state index contributed by atoms with van der Waals surface area (Å²) in [6, 6.07) is 12.1. The Morgan fingerprint density at radius 1 is 1.29 bits per heavy atom. The van der Waals surface area contributed by atoms with E-state index >= 15 is 0 Å². The van der Waals surface area contributed by atoms with Gasteiger partial charge >= 0.3 is 0 Å². The van der Waals surface area contributed by atoms with Gasteiger partial charge in [-0.25, -0.2) is 0 Å². The summed E-state index contributed by atoms with van der Waals surface area (Å²) in [4.78, 5) is 6.42. The van der Waals surface area contributed by atoms with Gasteiger partial charge in [0.25, 0.3) is 0 Å². The first-order chi connectivity index (χ1) is 10.0. The largest absolute Gasteiger partial charge is 0.497 e. The van der Waals surface area contributed by atoms with Crippen molar-refractivity contribution >= 4 is 5.69 Å². The molecule has 0 fully saturated rings. The third-order valence-corrected chi connectivity index (χ3v) is 3.38. The molecule has 0 aliphatic carbocycles. The van der Waals surface area contributed by atoms with Crippen LogP contribution in [0.4, 0.5) is 5.69 Å². The summed E-state index contributed by atoms with van der Waals surface area (Å²) in [6.07, 6.45) is 0. The third kappa shape index (κ3) is 3.32. The molecular weight excluding hydrogens is 262 g/mol. The highest BCUT2D eigenvalue weighted by molar-refractivity contribution is 5.61. The number of ether oxygens (including phenoxy) is 1. The van der Waals surface area contributed by atoms with Gasteiger partial charge < -0.3 is 9.64 Å². The van der Waals surface area contributed by atoms with E-state index < -0.39 is 0 Å². The van der Waals surface area contributed by atoms with Crippen molar-refractivity contribution in [3.05, 3.63) is 52.8 Å². The number of aryl methyl sites for hydroxylation is 2. The number of hydrogen-bond donors (Lipinski definition) is 0. The van der Waals surface area contributed by atoms with Crippen molar-refractivity contribution in [2.75, 3.05) is 19.1 Å². The monoisotopic (exact) mass is 281 g/mol. The maximum absolute atomic E-state index is 9.35. The van der Waals surface area contributed by atoms with Crippen molar-refractivity contribution in [3.8, 4) is 11.8 Å². The van der Waals surface area contributed by atoms with Crippen molar-refractivity contribution in [2.45, 2.75) is 20.4 Å². The molecule has 0 spiro atoms. The minimum absolute atomic E-state index is 0.631. The fourth-order valence-corrected chi connectivity index (χ4v) is 2.38. The number of rotatable bonds is 4. The fraction of sp³-hybridized carbons (Fsp3) is 0.294. The Labute approximate surface area is 125 Å². The maximum Gasteiger partial charge on any atom is 0.119 e. The average Bonchev–Trinajstić information content (AvgIpc) is 2.46. The van der Waals surface area contributed by atoms with Crippen molar-refractivity contribution in [1.29, 1.82) is 5.26 Å². The van der Waals surface area contributed by atoms with Crippen LogP contribution in [0.3, 0.4) is 0 Å². The van der Waals surface area contributed by atoms with E-state index in [-0.39, 0.29) is 0 Å². The zero-order valence-electron chi connectivity index (χ0n) is 12.8. The number of methoxy groups -OCH3 is 1. The minimum atomic E-state index is 0.631. The van der Waals surface area contributed by atoms with E-state index in [0.29, 0.717) is 12.1 Å². The van der Waals surface area contributed by atoms with Crippen LogP contribution in [-0.4, -0.2) is 19.1 Å². The Hall–Kier alpha value is -2.54. The van der Waals surface area contributed by atoms with Crippen LogP contribution in [-0.2, 0) is 6.54 Å². The molecule has 1 aromatic carbocycles. The lowest BCUT2D eigenvalue weighted by Crippen LogP contribution is -2.18. The predicted molar refractivity (Wildman–Crippen MR) is 83.5 cm³/mol. The van der Waals surface area contributed by atoms with Crippen LogP contribution in [0.1, 0.15) is 22.5 Å². The lowest BCUT2D eigenvalue weighted by atomic mass is 10.1. The van der Waals surface area contributed by atoms with Gasteiger partial charge in [-0.1, -0.05) is 12.1 Å². The second-order valence-electron chi connectivity index (χ2n) is 5.06. The van der Waals surface area contributed by atoms with Crippen molar-refractivity contribution in [1.82, 2.24) is 4.98 Å². The molecule has 0 radical (unpaired) electrons. The first-order valence-corrected chi connectivity index (χ1v) is 6.77. The Morgan fingerprint density at radius 3 is 2.71 bits per heavy atom. The Balaban J connectivity index is 2.32. The van der Waals surface area contributed by atoms with E-state index in [1.165, 1.54) is 0 Å². The number of nitriles is 1. The molecule has 4 nitrogen and oxygen atoms in total. The van der Waals surface area contributed by atoms with Crippen molar-refractivity contribution < 1.29 is 4.74 Å². The van der Waals surface area contributed by atoms with Gasteiger partial charge in [0.15, 0.2) is 0 Å². The molecule has 0 saturated carbocycles. The van der Waals surface area contributed by atoms with Gasteiger partial charge in [-0.3, -0.25) is 4.98 Å². The Morgan fingerprint density at radius 2 is 2.05 bits per heavy atom. The molecule has 1 aromatic heterocycles. The first-order valence-electron chi connectivity index (χ1n) is 6.77. The Kier molecular flexibility index (Phi) is 4.44. The quantitative estimate of drug-likeness (QED) is 0.863. The second-order valence-corrected chi connectivity index (χ2v) is 5.06. The number of anilines is 1. The summed E-state index contributed by atoms with van der Waals surface area (Å²) in [5, 5.41) is 9.35. The van der Waals surface area contributed by atoms with Crippen LogP contribution < -0.4 is 9.64 Å². The number of nitrogens with zero attached hydrogens (tertiary/aromatic N) is 3. The zero-order valence-corrected chi connectivity index (χ0v) is 12.8. The highest BCUT2D eigenvalue weighted by Crippen LogP contribution is 2.24. The van der Waals surface area contributed by atoms with Crippen LogP contribution in [0.15, 0.2) is 30.3 Å². The van der Waals surface area contributed by atoms with Crippen LogP contribution in [0.2, 0.25) is 0 Å². The molecule has 4 heteroatoms. The second kappa shape index (κ2) is 6.27. The SMILES string of the molecule is COc1cccc(CN(C)c2cc(C)nc(C)c2C#N)c1. The summed E-state index contributed by atoms with van der Waals surface area (Å²) in [7, 11) is 3.64. The normalized spacial score (nSPS) is 10.0. The molecular formula is C17H19N3O. The fourth-order valence-electron chi connectivity index (χ4n) is 2.38. The van der Waals surface area contributed by atoms with Gasteiger partial charge in [-0.2, -0.15) is 5.26 Å². The van der Waals surface area contributed by atoms with Gasteiger partial charge in [0.05, 0.1) is 24.1 Å². The summed E-state index contributed by atoms with van der Waals surface area (Å²) in [6.45, 7) is 4.51. The molecule has 2 aromatic rings. The van der Waals surface area contributed by atoms with Crippen molar-refractivity contribution in [3.63, 3.8) is 0 Å². The molecule has 0 amide bonds. The molecule has 0 saturated heterocycles. The van der Waals surface area contributed by atoms with Crippen LogP contribution in [0, 0.1) is 25.2 Å². The summed E-state index contributed by atoms with van der Waals surface area (Å²) < 4.78 is 5.24. The molecule has 108 valence electrons. The van der Waals surface area contributed by atoms with Gasteiger partial charge in [-0.15, -0.1) is 0 Å². The summed E-state index contributed by atoms with van der Waals surface area (Å²) in [5.41, 5.74) is 4.35. The highest BCUT2D eigenvalue weighted by atomic mass is 16.5. The van der Waals surface area contributed by atoms with Gasteiger partial charge in [-0.05, 0) is 37.6 Å². The van der Waals surface area contributed by atoms with Crippen molar-refractivity contribution in [2.24, 2.45) is 0 Å². The summed E-state index contributed by atoms with van der Waals surface area (Å²) in [5.74, 6) is 0.837. The first kappa shape index (κ1) is 14.9. The molecule has 0 bridgehead atoms. The van der Waals surface area contributed by atoms with Crippen LogP contribution in [0.5, 0.6) is 5.75 Å². The smallest absolute Gasteiger partial charge is 0.119 e. The molecule has 0 aliphatic rings. The van der Waals surface area contributed by atoms with E-state index in [1.54, 1.807) is 7.11 Å². The predicted octanol–water partition coefficient (Wildman–Crippen LogP) is 3.22.